The number of nitrogens with one attached hydrogen (secondary N) is 2. The SMILES string of the molecule is CCC(C)(CC(C(=O)N(C)C)C(C)(C)S)C(C)(C)C(CC(C)(C)C(C)(C)C)C(=O)NCCNC(=O)CN(CCN(CC(=O)O)CC(=O)O)CCN(CC(=O)O)CC(=O)O. The van der Waals surface area contributed by atoms with Gasteiger partial charge in [0.2, 0.25) is 17.7 Å². The summed E-state index contributed by atoms with van der Waals surface area (Å²) in [4.78, 5) is 92.1. The van der Waals surface area contributed by atoms with Crippen molar-refractivity contribution in [1.82, 2.24) is 30.2 Å². The van der Waals surface area contributed by atoms with Crippen LogP contribution >= 0.6 is 12.6 Å². The Morgan fingerprint density at radius 2 is 0.966 bits per heavy atom. The van der Waals surface area contributed by atoms with Gasteiger partial charge in [0.15, 0.2) is 0 Å². The largest absolute Gasteiger partial charge is 0.480 e. The predicted molar refractivity (Wildman–Crippen MR) is 229 cm³/mol. The number of hydrogen-bond acceptors (Lipinski definition) is 11. The Bertz CT molecular complexity index is 1370. The maximum Gasteiger partial charge on any atom is 0.317 e. The average Bonchev–Trinajstić information content (AvgIpc) is 3.06. The van der Waals surface area contributed by atoms with Crippen molar-refractivity contribution in [2.24, 2.45) is 33.5 Å². The number of carboxylic acids is 4. The number of amides is 3. The van der Waals surface area contributed by atoms with E-state index >= 15 is 0 Å². The Morgan fingerprint density at radius 3 is 1.31 bits per heavy atom. The minimum absolute atomic E-state index is 0.0145. The molecular formula is C41H76N6O11S. The van der Waals surface area contributed by atoms with Crippen LogP contribution in [0.1, 0.15) is 95.4 Å². The zero-order valence-electron chi connectivity index (χ0n) is 37.9. The third kappa shape index (κ3) is 19.2. The van der Waals surface area contributed by atoms with Crippen LogP contribution in [0.4, 0.5) is 0 Å². The van der Waals surface area contributed by atoms with Gasteiger partial charge in [-0.15, -0.1) is 0 Å². The molecule has 0 aliphatic heterocycles. The van der Waals surface area contributed by atoms with Gasteiger partial charge in [0.05, 0.1) is 38.6 Å². The van der Waals surface area contributed by atoms with Crippen LogP contribution in [0.3, 0.4) is 0 Å². The molecule has 0 rings (SSSR count). The fourth-order valence-corrected chi connectivity index (χ4v) is 7.18. The maximum atomic E-state index is 14.4. The average molecular weight is 861 g/mol. The molecule has 0 aliphatic rings. The van der Waals surface area contributed by atoms with Gasteiger partial charge in [-0.3, -0.25) is 48.3 Å². The number of carbonyl (C=O) groups is 7. The van der Waals surface area contributed by atoms with Crippen molar-refractivity contribution >= 4 is 54.2 Å². The predicted octanol–water partition coefficient (Wildman–Crippen LogP) is 2.79. The highest BCUT2D eigenvalue weighted by atomic mass is 32.1. The van der Waals surface area contributed by atoms with Gasteiger partial charge in [-0.1, -0.05) is 82.6 Å². The van der Waals surface area contributed by atoms with Crippen LogP contribution in [0, 0.1) is 33.5 Å². The number of thiol groups is 1. The van der Waals surface area contributed by atoms with Crippen molar-refractivity contribution in [3.05, 3.63) is 0 Å². The number of hydrogen-bond donors (Lipinski definition) is 7. The van der Waals surface area contributed by atoms with Gasteiger partial charge in [0.1, 0.15) is 0 Å². The molecule has 3 atom stereocenters. The van der Waals surface area contributed by atoms with Crippen LogP contribution in [0.25, 0.3) is 0 Å². The molecule has 0 bridgehead atoms. The zero-order chi connectivity index (χ0) is 46.3. The number of rotatable bonds is 29. The lowest BCUT2D eigenvalue weighted by atomic mass is 9.52. The Morgan fingerprint density at radius 1 is 0.576 bits per heavy atom. The highest BCUT2D eigenvalue weighted by Crippen LogP contribution is 2.56. The summed E-state index contributed by atoms with van der Waals surface area (Å²) in [6, 6.07) is 0. The van der Waals surface area contributed by atoms with E-state index in [9.17, 15) is 54.0 Å². The molecule has 0 fully saturated rings. The van der Waals surface area contributed by atoms with Gasteiger partial charge in [-0.25, -0.2) is 0 Å². The summed E-state index contributed by atoms with van der Waals surface area (Å²) in [6.07, 6.45) is 1.75. The molecule has 6 N–H and O–H groups in total. The lowest BCUT2D eigenvalue weighted by molar-refractivity contribution is -0.143. The minimum atomic E-state index is -1.25. The molecular weight excluding hydrogens is 785 g/mol. The molecule has 0 aliphatic carbocycles. The van der Waals surface area contributed by atoms with Crippen LogP contribution in [0.5, 0.6) is 0 Å². The van der Waals surface area contributed by atoms with Crippen molar-refractivity contribution in [1.29, 1.82) is 0 Å². The topological polar surface area (TPSA) is 237 Å². The van der Waals surface area contributed by atoms with E-state index in [1.807, 2.05) is 13.8 Å². The second-order valence-electron chi connectivity index (χ2n) is 19.1. The minimum Gasteiger partial charge on any atom is -0.480 e. The van der Waals surface area contributed by atoms with E-state index < -0.39 is 83.4 Å². The molecule has 0 saturated heterocycles. The summed E-state index contributed by atoms with van der Waals surface area (Å²) in [5.74, 6) is -6.58. The van der Waals surface area contributed by atoms with Crippen molar-refractivity contribution in [3.8, 4) is 0 Å². The zero-order valence-corrected chi connectivity index (χ0v) is 38.8. The molecule has 0 saturated carbocycles. The van der Waals surface area contributed by atoms with Crippen molar-refractivity contribution in [2.75, 3.05) is 86.1 Å². The van der Waals surface area contributed by atoms with E-state index in [1.54, 1.807) is 23.9 Å². The van der Waals surface area contributed by atoms with Crippen LogP contribution in [0.15, 0.2) is 0 Å². The van der Waals surface area contributed by atoms with E-state index in [-0.39, 0.29) is 68.5 Å². The molecule has 0 spiro atoms. The summed E-state index contributed by atoms with van der Waals surface area (Å²) in [7, 11) is 3.47. The number of aliphatic carboxylic acids is 4. The summed E-state index contributed by atoms with van der Waals surface area (Å²) >= 11 is 4.86. The monoisotopic (exact) mass is 861 g/mol. The summed E-state index contributed by atoms with van der Waals surface area (Å²) in [6.45, 7) is 20.6. The van der Waals surface area contributed by atoms with Gasteiger partial charge in [-0.05, 0) is 34.5 Å². The van der Waals surface area contributed by atoms with Crippen LogP contribution in [-0.2, 0) is 33.6 Å². The molecule has 59 heavy (non-hydrogen) atoms. The quantitative estimate of drug-likeness (QED) is 0.0423. The standard InChI is InChI=1S/C41H76N6O11S/c1-14-41(11,22-29(40(9,10)59)36(58)44(12)13)39(7,8)28(21-38(5,6)37(2,3)4)35(57)43-16-15-42-30(48)23-45(17-19-46(24-31(49)50)25-32(51)52)18-20-47(26-33(53)54)27-34(55)56/h28-29,59H,14-27H2,1-13H3,(H,42,48)(H,43,57)(H,49,50)(H,51,52)(H,53,54)(H,55,56). The maximum absolute atomic E-state index is 14.4. The van der Waals surface area contributed by atoms with E-state index in [1.165, 1.54) is 9.80 Å². The fraction of sp³-hybridized carbons (Fsp3) is 0.829. The Hall–Kier alpha value is -3.48. The highest BCUT2D eigenvalue weighted by Gasteiger charge is 2.53. The van der Waals surface area contributed by atoms with Gasteiger partial charge in [0, 0.05) is 64.0 Å². The second-order valence-corrected chi connectivity index (χ2v) is 20.2. The molecule has 0 aromatic rings. The van der Waals surface area contributed by atoms with Crippen LogP contribution in [-0.4, -0.2) is 172 Å². The number of carbonyl (C=O) groups excluding carboxylic acids is 3. The summed E-state index contributed by atoms with van der Waals surface area (Å²) in [5, 5.41) is 42.9. The normalized spacial score (nSPS) is 14.7. The molecule has 0 heterocycles. The lowest BCUT2D eigenvalue weighted by Crippen LogP contribution is -2.53. The lowest BCUT2D eigenvalue weighted by Gasteiger charge is -2.53. The molecule has 3 unspecified atom stereocenters. The Labute approximate surface area is 357 Å². The first kappa shape index (κ1) is 55.5. The molecule has 18 heteroatoms. The first-order valence-corrected chi connectivity index (χ1v) is 20.7. The summed E-state index contributed by atoms with van der Waals surface area (Å²) < 4.78 is -0.628. The second kappa shape index (κ2) is 23.5. The third-order valence-electron chi connectivity index (χ3n) is 12.5. The summed E-state index contributed by atoms with van der Waals surface area (Å²) in [5.41, 5.74) is -1.54. The van der Waals surface area contributed by atoms with Crippen molar-refractivity contribution in [2.45, 2.75) is 100 Å². The third-order valence-corrected chi connectivity index (χ3v) is 12.8. The molecule has 0 aromatic heterocycles. The molecule has 0 radical (unpaired) electrons. The molecule has 17 nitrogen and oxygen atoms in total. The van der Waals surface area contributed by atoms with E-state index in [2.05, 4.69) is 72.9 Å². The van der Waals surface area contributed by atoms with Crippen LogP contribution < -0.4 is 10.6 Å². The first-order chi connectivity index (χ1) is 26.7. The Balaban J connectivity index is 6.30. The van der Waals surface area contributed by atoms with Gasteiger partial charge in [0.25, 0.3) is 0 Å². The smallest absolute Gasteiger partial charge is 0.317 e. The molecule has 342 valence electrons. The number of carboxylic acid groups (broad SMARTS) is 4. The molecule has 3 amide bonds. The van der Waals surface area contributed by atoms with Crippen molar-refractivity contribution in [3.63, 3.8) is 0 Å². The first-order valence-electron chi connectivity index (χ1n) is 20.2. The van der Waals surface area contributed by atoms with Crippen LogP contribution in [0.2, 0.25) is 0 Å². The van der Waals surface area contributed by atoms with Gasteiger partial charge >= 0.3 is 23.9 Å². The Kier molecular flexibility index (Phi) is 22.1. The highest BCUT2D eigenvalue weighted by molar-refractivity contribution is 7.81. The molecule has 0 aromatic carbocycles. The van der Waals surface area contributed by atoms with E-state index in [0.29, 0.717) is 19.3 Å². The van der Waals surface area contributed by atoms with Crippen molar-refractivity contribution < 1.29 is 54.0 Å². The van der Waals surface area contributed by atoms with E-state index in [0.717, 1.165) is 0 Å². The van der Waals surface area contributed by atoms with Gasteiger partial charge < -0.3 is 36.0 Å². The van der Waals surface area contributed by atoms with E-state index in [4.69, 9.17) is 12.6 Å². The fourth-order valence-electron chi connectivity index (χ4n) is 6.98. The van der Waals surface area contributed by atoms with Gasteiger partial charge in [-0.2, -0.15) is 12.6 Å². The number of nitrogens with zero attached hydrogens (tertiary/aromatic N) is 4.